The minimum atomic E-state index is -0.578. The molecule has 1 aromatic heterocycles. The molecule has 0 spiro atoms. The predicted molar refractivity (Wildman–Crippen MR) is 110 cm³/mol. The number of methoxy groups -OCH3 is 4. The van der Waals surface area contributed by atoms with Crippen molar-refractivity contribution in [2.24, 2.45) is 0 Å². The van der Waals surface area contributed by atoms with Crippen LogP contribution in [0.2, 0.25) is 0 Å². The van der Waals surface area contributed by atoms with Crippen LogP contribution in [0.4, 0.5) is 10.7 Å². The zero-order valence-corrected chi connectivity index (χ0v) is 17.5. The summed E-state index contributed by atoms with van der Waals surface area (Å²) in [5, 5.41) is 13.3. The van der Waals surface area contributed by atoms with Gasteiger partial charge >= 0.3 is 5.97 Å². The number of hydrogen-bond donors (Lipinski definition) is 2. The first kappa shape index (κ1) is 20.4. The highest BCUT2D eigenvalue weighted by Crippen LogP contribution is 2.52. The van der Waals surface area contributed by atoms with Crippen LogP contribution in [0.5, 0.6) is 17.2 Å². The molecule has 1 atom stereocenters. The Morgan fingerprint density at radius 2 is 1.79 bits per heavy atom. The van der Waals surface area contributed by atoms with E-state index in [1.165, 1.54) is 39.8 Å². The van der Waals surface area contributed by atoms with Gasteiger partial charge in [0.15, 0.2) is 11.5 Å². The average molecular weight is 415 g/mol. The van der Waals surface area contributed by atoms with Gasteiger partial charge in [0.1, 0.15) is 15.9 Å². The molecule has 2 aromatic rings. The molecule has 0 amide bonds. The maximum absolute atomic E-state index is 12.7. The number of thiophene rings is 1. The van der Waals surface area contributed by atoms with E-state index < -0.39 is 11.9 Å². The first-order valence-corrected chi connectivity index (χ1v) is 9.41. The summed E-state index contributed by atoms with van der Waals surface area (Å²) in [4.78, 5) is 13.1. The third-order valence-corrected chi connectivity index (χ3v) is 5.83. The number of allylic oxidation sites excluding steroid dienone is 1. The van der Waals surface area contributed by atoms with Crippen LogP contribution in [0.15, 0.2) is 23.4 Å². The number of nitrogens with zero attached hydrogens (tertiary/aromatic N) is 1. The van der Waals surface area contributed by atoms with Gasteiger partial charge in [0.2, 0.25) is 5.75 Å². The summed E-state index contributed by atoms with van der Waals surface area (Å²) >= 11 is 1.24. The second-order valence-electron chi connectivity index (χ2n) is 6.25. The fourth-order valence-corrected chi connectivity index (χ4v) is 4.51. The zero-order chi connectivity index (χ0) is 21.3. The molecular weight excluding hydrogens is 394 g/mol. The van der Waals surface area contributed by atoms with Crippen molar-refractivity contribution in [3.63, 3.8) is 0 Å². The molecule has 1 aliphatic rings. The number of anilines is 2. The maximum Gasteiger partial charge on any atom is 0.336 e. The predicted octanol–water partition coefficient (Wildman–Crippen LogP) is 3.23. The summed E-state index contributed by atoms with van der Waals surface area (Å²) in [6, 6.07) is 5.64. The first-order valence-electron chi connectivity index (χ1n) is 8.59. The van der Waals surface area contributed by atoms with Crippen molar-refractivity contribution in [2.45, 2.75) is 12.8 Å². The molecule has 152 valence electrons. The molecule has 29 heavy (non-hydrogen) atoms. The molecule has 0 unspecified atom stereocenters. The van der Waals surface area contributed by atoms with E-state index in [9.17, 15) is 10.1 Å². The monoisotopic (exact) mass is 415 g/mol. The lowest BCUT2D eigenvalue weighted by atomic mass is 9.81. The molecule has 3 rings (SSSR count). The molecule has 2 heterocycles. The number of rotatable bonds is 5. The third-order valence-electron chi connectivity index (χ3n) is 4.79. The van der Waals surface area contributed by atoms with E-state index in [-0.39, 0.29) is 0 Å². The summed E-state index contributed by atoms with van der Waals surface area (Å²) < 4.78 is 21.4. The highest BCUT2D eigenvalue weighted by molar-refractivity contribution is 7.17. The fourth-order valence-electron chi connectivity index (χ4n) is 3.50. The van der Waals surface area contributed by atoms with Crippen LogP contribution in [0.3, 0.4) is 0 Å². The van der Waals surface area contributed by atoms with Gasteiger partial charge in [-0.15, -0.1) is 11.3 Å². The second kappa shape index (κ2) is 7.93. The van der Waals surface area contributed by atoms with E-state index in [1.54, 1.807) is 19.1 Å². The number of ether oxygens (including phenoxy) is 4. The smallest absolute Gasteiger partial charge is 0.336 e. The van der Waals surface area contributed by atoms with Crippen LogP contribution >= 0.6 is 11.3 Å². The van der Waals surface area contributed by atoms with Crippen LogP contribution in [0, 0.1) is 11.3 Å². The quantitative estimate of drug-likeness (QED) is 0.715. The number of nitriles is 1. The van der Waals surface area contributed by atoms with Crippen LogP contribution < -0.4 is 25.3 Å². The van der Waals surface area contributed by atoms with Crippen LogP contribution in [-0.2, 0) is 9.53 Å². The summed E-state index contributed by atoms with van der Waals surface area (Å²) in [6.45, 7) is 1.78. The van der Waals surface area contributed by atoms with E-state index in [4.69, 9.17) is 24.7 Å². The highest BCUT2D eigenvalue weighted by Gasteiger charge is 2.37. The molecule has 0 saturated heterocycles. The summed E-state index contributed by atoms with van der Waals surface area (Å²) in [6.07, 6.45) is 0. The Morgan fingerprint density at radius 3 is 2.28 bits per heavy atom. The molecule has 0 bridgehead atoms. The molecule has 0 aliphatic carbocycles. The number of carbonyl (C=O) groups excluding carboxylic acids is 1. The Balaban J connectivity index is 2.34. The number of nitrogens with one attached hydrogen (secondary N) is 1. The summed E-state index contributed by atoms with van der Waals surface area (Å²) in [5.74, 6) is 0.245. The van der Waals surface area contributed by atoms with Crippen LogP contribution in [0.1, 0.15) is 28.8 Å². The van der Waals surface area contributed by atoms with Gasteiger partial charge in [0.25, 0.3) is 0 Å². The molecule has 0 saturated carbocycles. The topological polar surface area (TPSA) is 116 Å². The largest absolute Gasteiger partial charge is 0.493 e. The molecule has 9 heteroatoms. The Morgan fingerprint density at radius 1 is 1.17 bits per heavy atom. The number of carbonyl (C=O) groups is 1. The third kappa shape index (κ3) is 3.21. The number of nitrogens with two attached hydrogens (primary N) is 1. The average Bonchev–Trinajstić information content (AvgIpc) is 3.05. The Kier molecular flexibility index (Phi) is 5.57. The summed E-state index contributed by atoms with van der Waals surface area (Å²) in [5.41, 5.74) is 8.97. The number of fused-ring (bicyclic) bond motifs is 1. The molecular formula is C20H21N3O5S. The van der Waals surface area contributed by atoms with Crippen molar-refractivity contribution in [3.05, 3.63) is 39.4 Å². The van der Waals surface area contributed by atoms with Gasteiger partial charge in [-0.2, -0.15) is 5.26 Å². The normalized spacial score (nSPS) is 15.1. The van der Waals surface area contributed by atoms with E-state index >= 15 is 0 Å². The van der Waals surface area contributed by atoms with Crippen molar-refractivity contribution in [1.82, 2.24) is 0 Å². The molecule has 1 aliphatic heterocycles. The standard InChI is InChI=1S/C20H21N3O5S/c1-9-14(20(24)28-5)15(16-17(22)13(8-21)29-19(16)23-9)10-6-11(25-2)18(27-4)12(7-10)26-3/h6-7,15,23H,22H2,1-5H3/t15-/m0/s1. The van der Waals surface area contributed by atoms with Crippen molar-refractivity contribution in [1.29, 1.82) is 5.26 Å². The lowest BCUT2D eigenvalue weighted by Crippen LogP contribution is -2.23. The van der Waals surface area contributed by atoms with E-state index in [2.05, 4.69) is 11.4 Å². The first-order chi connectivity index (χ1) is 13.9. The molecule has 0 fully saturated rings. The van der Waals surface area contributed by atoms with E-state index in [1.807, 2.05) is 0 Å². The SMILES string of the molecule is COC(=O)C1=C(C)Nc2sc(C#N)c(N)c2[C@H]1c1cc(OC)c(OC)c(OC)c1. The Bertz CT molecular complexity index is 1030. The molecule has 3 N–H and O–H groups in total. The minimum Gasteiger partial charge on any atom is -0.493 e. The molecule has 8 nitrogen and oxygen atoms in total. The number of esters is 1. The minimum absolute atomic E-state index is 0.327. The van der Waals surface area contributed by atoms with Gasteiger partial charge in [-0.05, 0) is 24.6 Å². The van der Waals surface area contributed by atoms with Crippen molar-refractivity contribution < 1.29 is 23.7 Å². The number of nitrogen functional groups attached to an aromatic ring is 1. The van der Waals surface area contributed by atoms with Gasteiger partial charge in [0, 0.05) is 17.2 Å². The Hall–Kier alpha value is -3.38. The Labute approximate surface area is 172 Å². The van der Waals surface area contributed by atoms with Crippen LogP contribution in [-0.4, -0.2) is 34.4 Å². The van der Waals surface area contributed by atoms with Crippen molar-refractivity contribution >= 4 is 28.0 Å². The number of hydrogen-bond acceptors (Lipinski definition) is 9. The summed E-state index contributed by atoms with van der Waals surface area (Å²) in [7, 11) is 5.87. The van der Waals surface area contributed by atoms with Gasteiger partial charge < -0.3 is 30.0 Å². The second-order valence-corrected chi connectivity index (χ2v) is 7.27. The van der Waals surface area contributed by atoms with Gasteiger partial charge in [-0.25, -0.2) is 4.79 Å². The maximum atomic E-state index is 12.7. The fraction of sp³-hybridized carbons (Fsp3) is 0.300. The van der Waals surface area contributed by atoms with E-state index in [0.29, 0.717) is 55.2 Å². The van der Waals surface area contributed by atoms with Crippen LogP contribution in [0.25, 0.3) is 0 Å². The molecule has 0 radical (unpaired) electrons. The lowest BCUT2D eigenvalue weighted by molar-refractivity contribution is -0.136. The van der Waals surface area contributed by atoms with Gasteiger partial charge in [0.05, 0.1) is 39.7 Å². The number of benzene rings is 1. The lowest BCUT2D eigenvalue weighted by Gasteiger charge is -2.29. The van der Waals surface area contributed by atoms with Gasteiger partial charge in [-0.1, -0.05) is 0 Å². The van der Waals surface area contributed by atoms with Crippen molar-refractivity contribution in [3.8, 4) is 23.3 Å². The van der Waals surface area contributed by atoms with Crippen molar-refractivity contribution in [2.75, 3.05) is 39.5 Å². The van der Waals surface area contributed by atoms with Gasteiger partial charge in [-0.3, -0.25) is 0 Å². The highest BCUT2D eigenvalue weighted by atomic mass is 32.1. The molecule has 1 aromatic carbocycles. The van der Waals surface area contributed by atoms with E-state index in [0.717, 1.165) is 0 Å². The zero-order valence-electron chi connectivity index (χ0n) is 16.7.